The van der Waals surface area contributed by atoms with Crippen molar-refractivity contribution in [1.82, 2.24) is 9.78 Å². The van der Waals surface area contributed by atoms with Crippen LogP contribution >= 0.6 is 0 Å². The molecule has 3 rings (SSSR count). The predicted molar refractivity (Wildman–Crippen MR) is 76.0 cm³/mol. The van der Waals surface area contributed by atoms with Gasteiger partial charge in [0.15, 0.2) is 11.5 Å². The van der Waals surface area contributed by atoms with Gasteiger partial charge < -0.3 is 15.2 Å². The fourth-order valence-electron chi connectivity index (χ4n) is 2.58. The second-order valence-corrected chi connectivity index (χ2v) is 5.08. The van der Waals surface area contributed by atoms with Crippen molar-refractivity contribution in [2.24, 2.45) is 12.8 Å². The van der Waals surface area contributed by atoms with Crippen LogP contribution in [0.15, 0.2) is 24.3 Å². The lowest BCUT2D eigenvalue weighted by molar-refractivity contribution is 0.169. The van der Waals surface area contributed by atoms with Gasteiger partial charge in [-0.1, -0.05) is 12.1 Å². The van der Waals surface area contributed by atoms with E-state index >= 15 is 0 Å². The predicted octanol–water partition coefficient (Wildman–Crippen LogP) is 1.74. The molecule has 0 aliphatic carbocycles. The van der Waals surface area contributed by atoms with E-state index in [-0.39, 0.29) is 6.04 Å². The maximum atomic E-state index is 6.35. The quantitative estimate of drug-likeness (QED) is 0.925. The van der Waals surface area contributed by atoms with Crippen molar-refractivity contribution in [2.75, 3.05) is 13.2 Å². The van der Waals surface area contributed by atoms with E-state index in [4.69, 9.17) is 15.2 Å². The number of hydrogen-bond donors (Lipinski definition) is 1. The third-order valence-electron chi connectivity index (χ3n) is 3.52. The Kier molecular flexibility index (Phi) is 3.36. The van der Waals surface area contributed by atoms with Gasteiger partial charge in [0.2, 0.25) is 0 Å². The molecule has 106 valence electrons. The second kappa shape index (κ2) is 5.17. The Morgan fingerprint density at radius 3 is 2.90 bits per heavy atom. The molecular formula is C15H19N3O2. The zero-order valence-corrected chi connectivity index (χ0v) is 11.8. The Balaban J connectivity index is 1.87. The number of aromatic nitrogens is 2. The number of aryl methyl sites for hydroxylation is 2. The number of fused-ring (bicyclic) bond motifs is 1. The summed E-state index contributed by atoms with van der Waals surface area (Å²) in [5.41, 5.74) is 9.46. The minimum Gasteiger partial charge on any atom is -0.486 e. The van der Waals surface area contributed by atoms with Gasteiger partial charge >= 0.3 is 0 Å². The number of hydrogen-bond acceptors (Lipinski definition) is 4. The lowest BCUT2D eigenvalue weighted by Crippen LogP contribution is -2.21. The summed E-state index contributed by atoms with van der Waals surface area (Å²) in [7, 11) is 1.94. The van der Waals surface area contributed by atoms with Crippen LogP contribution in [0, 0.1) is 6.92 Å². The average Bonchev–Trinajstić information content (AvgIpc) is 2.76. The van der Waals surface area contributed by atoms with Crippen LogP contribution in [0.5, 0.6) is 11.5 Å². The number of ether oxygens (including phenoxy) is 2. The van der Waals surface area contributed by atoms with Crippen molar-refractivity contribution in [2.45, 2.75) is 19.4 Å². The number of para-hydroxylation sites is 1. The Morgan fingerprint density at radius 2 is 2.15 bits per heavy atom. The maximum absolute atomic E-state index is 6.35. The number of rotatable bonds is 3. The molecule has 1 aromatic carbocycles. The first-order valence-corrected chi connectivity index (χ1v) is 6.79. The Labute approximate surface area is 118 Å². The van der Waals surface area contributed by atoms with Crippen LogP contribution in [0.2, 0.25) is 0 Å². The highest BCUT2D eigenvalue weighted by atomic mass is 16.6. The van der Waals surface area contributed by atoms with E-state index in [9.17, 15) is 0 Å². The van der Waals surface area contributed by atoms with Crippen LogP contribution < -0.4 is 15.2 Å². The van der Waals surface area contributed by atoms with Crippen molar-refractivity contribution < 1.29 is 9.47 Å². The normalized spacial score (nSPS) is 15.2. The van der Waals surface area contributed by atoms with Crippen molar-refractivity contribution in [3.8, 4) is 11.5 Å². The number of benzene rings is 1. The summed E-state index contributed by atoms with van der Waals surface area (Å²) in [6.07, 6.45) is 0.719. The van der Waals surface area contributed by atoms with Gasteiger partial charge in [-0.2, -0.15) is 5.10 Å². The zero-order valence-electron chi connectivity index (χ0n) is 11.8. The van der Waals surface area contributed by atoms with Gasteiger partial charge in [0.05, 0.1) is 5.69 Å². The monoisotopic (exact) mass is 273 g/mol. The molecule has 2 aromatic rings. The highest BCUT2D eigenvalue weighted by Crippen LogP contribution is 2.37. The van der Waals surface area contributed by atoms with Crippen LogP contribution in [0.4, 0.5) is 0 Å². The van der Waals surface area contributed by atoms with E-state index in [1.165, 1.54) is 0 Å². The Bertz CT molecular complexity index is 622. The van der Waals surface area contributed by atoms with Crippen LogP contribution in [-0.2, 0) is 13.5 Å². The SMILES string of the molecule is Cc1cc(CC(N)c2cccc3c2OCCO3)n(C)n1. The molecule has 5 nitrogen and oxygen atoms in total. The summed E-state index contributed by atoms with van der Waals surface area (Å²) >= 11 is 0. The van der Waals surface area contributed by atoms with Crippen molar-refractivity contribution in [1.29, 1.82) is 0 Å². The molecule has 2 N–H and O–H groups in total. The summed E-state index contributed by atoms with van der Waals surface area (Å²) in [5, 5.41) is 4.35. The smallest absolute Gasteiger partial charge is 0.166 e. The fraction of sp³-hybridized carbons (Fsp3) is 0.400. The molecular weight excluding hydrogens is 254 g/mol. The van der Waals surface area contributed by atoms with E-state index in [1.807, 2.05) is 36.9 Å². The third-order valence-corrected chi connectivity index (χ3v) is 3.52. The molecule has 1 atom stereocenters. The molecule has 0 fully saturated rings. The van der Waals surface area contributed by atoms with Gasteiger partial charge in [-0.05, 0) is 19.1 Å². The molecule has 0 saturated carbocycles. The molecule has 1 aliphatic heterocycles. The topological polar surface area (TPSA) is 62.3 Å². The molecule has 1 unspecified atom stereocenters. The van der Waals surface area contributed by atoms with Gasteiger partial charge in [0.25, 0.3) is 0 Å². The highest BCUT2D eigenvalue weighted by Gasteiger charge is 2.20. The molecule has 0 amide bonds. The summed E-state index contributed by atoms with van der Waals surface area (Å²) in [4.78, 5) is 0. The number of nitrogens with two attached hydrogens (primary N) is 1. The first-order valence-electron chi connectivity index (χ1n) is 6.79. The summed E-state index contributed by atoms with van der Waals surface area (Å²) in [5.74, 6) is 1.57. The Morgan fingerprint density at radius 1 is 1.35 bits per heavy atom. The van der Waals surface area contributed by atoms with E-state index in [0.29, 0.717) is 13.2 Å². The summed E-state index contributed by atoms with van der Waals surface area (Å²) in [6.45, 7) is 3.14. The van der Waals surface area contributed by atoms with E-state index in [0.717, 1.165) is 34.9 Å². The van der Waals surface area contributed by atoms with Gasteiger partial charge in [-0.15, -0.1) is 0 Å². The molecule has 5 heteroatoms. The molecule has 20 heavy (non-hydrogen) atoms. The average molecular weight is 273 g/mol. The third kappa shape index (κ3) is 2.36. The van der Waals surface area contributed by atoms with Gasteiger partial charge in [0.1, 0.15) is 13.2 Å². The lowest BCUT2D eigenvalue weighted by atomic mass is 10.0. The fourth-order valence-corrected chi connectivity index (χ4v) is 2.58. The zero-order chi connectivity index (χ0) is 14.1. The minimum atomic E-state index is -0.138. The van der Waals surface area contributed by atoms with Crippen LogP contribution in [-0.4, -0.2) is 23.0 Å². The molecule has 0 radical (unpaired) electrons. The first-order chi connectivity index (χ1) is 9.65. The summed E-state index contributed by atoms with van der Waals surface area (Å²) < 4.78 is 13.2. The molecule has 0 spiro atoms. The highest BCUT2D eigenvalue weighted by molar-refractivity contribution is 5.49. The van der Waals surface area contributed by atoms with E-state index < -0.39 is 0 Å². The largest absolute Gasteiger partial charge is 0.486 e. The standard InChI is InChI=1S/C15H19N3O2/c1-10-8-11(18(2)17-10)9-13(16)12-4-3-5-14-15(12)20-7-6-19-14/h3-5,8,13H,6-7,9,16H2,1-2H3. The van der Waals surface area contributed by atoms with Crippen molar-refractivity contribution in [3.63, 3.8) is 0 Å². The minimum absolute atomic E-state index is 0.138. The van der Waals surface area contributed by atoms with Gasteiger partial charge in [-0.25, -0.2) is 0 Å². The molecule has 0 bridgehead atoms. The lowest BCUT2D eigenvalue weighted by Gasteiger charge is -2.23. The summed E-state index contributed by atoms with van der Waals surface area (Å²) in [6, 6.07) is 7.80. The first kappa shape index (κ1) is 13.0. The van der Waals surface area contributed by atoms with Crippen molar-refractivity contribution >= 4 is 0 Å². The second-order valence-electron chi connectivity index (χ2n) is 5.08. The molecule has 0 saturated heterocycles. The van der Waals surface area contributed by atoms with E-state index in [2.05, 4.69) is 11.2 Å². The maximum Gasteiger partial charge on any atom is 0.166 e. The van der Waals surface area contributed by atoms with Crippen LogP contribution in [0.1, 0.15) is 23.0 Å². The molecule has 1 aliphatic rings. The number of nitrogens with zero attached hydrogens (tertiary/aromatic N) is 2. The van der Waals surface area contributed by atoms with Crippen LogP contribution in [0.3, 0.4) is 0 Å². The van der Waals surface area contributed by atoms with Gasteiger partial charge in [-0.3, -0.25) is 4.68 Å². The molecule has 2 heterocycles. The van der Waals surface area contributed by atoms with Crippen molar-refractivity contribution in [3.05, 3.63) is 41.2 Å². The molecule has 1 aromatic heterocycles. The van der Waals surface area contributed by atoms with Crippen LogP contribution in [0.25, 0.3) is 0 Å². The van der Waals surface area contributed by atoms with E-state index in [1.54, 1.807) is 0 Å². The Hall–Kier alpha value is -2.01. The van der Waals surface area contributed by atoms with Gasteiger partial charge in [0, 0.05) is 30.8 Å².